The van der Waals surface area contributed by atoms with Crippen LogP contribution in [0.1, 0.15) is 31.9 Å². The summed E-state index contributed by atoms with van der Waals surface area (Å²) in [6.45, 7) is 6.18. The van der Waals surface area contributed by atoms with E-state index in [1.54, 1.807) is 32.4 Å². The molecule has 0 aliphatic heterocycles. The third-order valence-electron chi connectivity index (χ3n) is 3.89. The van der Waals surface area contributed by atoms with Crippen molar-refractivity contribution in [2.75, 3.05) is 20.8 Å². The molecule has 0 spiro atoms. The Morgan fingerprint density at radius 3 is 2.48 bits per heavy atom. The van der Waals surface area contributed by atoms with Crippen LogP contribution in [0.4, 0.5) is 0 Å². The number of nitrogens with zero attached hydrogens (tertiary/aromatic N) is 1. The van der Waals surface area contributed by atoms with Gasteiger partial charge in [0, 0.05) is 11.6 Å². The van der Waals surface area contributed by atoms with Gasteiger partial charge in [-0.3, -0.25) is 4.79 Å². The lowest BCUT2D eigenvalue weighted by Gasteiger charge is -2.22. The van der Waals surface area contributed by atoms with Gasteiger partial charge in [0.25, 0.3) is 5.91 Å². The summed E-state index contributed by atoms with van der Waals surface area (Å²) >= 11 is 0. The van der Waals surface area contributed by atoms with Crippen LogP contribution in [-0.2, 0) is 10.2 Å². The van der Waals surface area contributed by atoms with Gasteiger partial charge < -0.3 is 14.2 Å². The molecule has 0 saturated heterocycles. The molecule has 1 amide bonds. The van der Waals surface area contributed by atoms with Crippen molar-refractivity contribution >= 4 is 12.1 Å². The van der Waals surface area contributed by atoms with Gasteiger partial charge in [0.05, 0.1) is 20.4 Å². The van der Waals surface area contributed by atoms with Gasteiger partial charge in [0.2, 0.25) is 0 Å². The summed E-state index contributed by atoms with van der Waals surface area (Å²) in [5, 5.41) is 3.96. The van der Waals surface area contributed by atoms with Crippen LogP contribution in [-0.4, -0.2) is 32.9 Å². The van der Waals surface area contributed by atoms with Crippen LogP contribution in [0.3, 0.4) is 0 Å². The van der Waals surface area contributed by atoms with E-state index in [1.165, 1.54) is 6.21 Å². The standard InChI is InChI=1S/C21H26N2O4/c1-21(2,3)17-8-6-7-9-18(17)27-14-20(24)23-22-13-15-10-11-16(25-4)12-19(15)26-5/h6-13H,14H2,1-5H3,(H,23,24)/b22-13-. The van der Waals surface area contributed by atoms with Crippen LogP contribution in [0.15, 0.2) is 47.6 Å². The van der Waals surface area contributed by atoms with Gasteiger partial charge in [-0.1, -0.05) is 39.0 Å². The minimum atomic E-state index is -0.345. The Labute approximate surface area is 160 Å². The van der Waals surface area contributed by atoms with Gasteiger partial charge in [-0.05, 0) is 29.2 Å². The van der Waals surface area contributed by atoms with Crippen molar-refractivity contribution in [3.8, 4) is 17.2 Å². The molecule has 2 aromatic carbocycles. The zero-order chi connectivity index (χ0) is 19.9. The van der Waals surface area contributed by atoms with E-state index in [9.17, 15) is 4.79 Å². The molecule has 144 valence electrons. The van der Waals surface area contributed by atoms with E-state index in [-0.39, 0.29) is 17.9 Å². The summed E-state index contributed by atoms with van der Waals surface area (Å²) in [6, 6.07) is 13.0. The van der Waals surface area contributed by atoms with Crippen LogP contribution in [0.5, 0.6) is 17.2 Å². The second kappa shape index (κ2) is 9.07. The van der Waals surface area contributed by atoms with Crippen molar-refractivity contribution < 1.29 is 19.0 Å². The summed E-state index contributed by atoms with van der Waals surface area (Å²) < 4.78 is 16.1. The number of carbonyl (C=O) groups is 1. The zero-order valence-electron chi connectivity index (χ0n) is 16.4. The van der Waals surface area contributed by atoms with Crippen molar-refractivity contribution in [3.63, 3.8) is 0 Å². The highest BCUT2D eigenvalue weighted by Crippen LogP contribution is 2.30. The van der Waals surface area contributed by atoms with Gasteiger partial charge in [-0.15, -0.1) is 0 Å². The molecule has 0 heterocycles. The number of rotatable bonds is 7. The first kappa shape index (κ1) is 20.3. The first-order valence-corrected chi connectivity index (χ1v) is 8.61. The predicted molar refractivity (Wildman–Crippen MR) is 106 cm³/mol. The minimum Gasteiger partial charge on any atom is -0.497 e. The summed E-state index contributed by atoms with van der Waals surface area (Å²) in [4.78, 5) is 12.0. The Balaban J connectivity index is 1.95. The van der Waals surface area contributed by atoms with E-state index in [0.29, 0.717) is 17.2 Å². The summed E-state index contributed by atoms with van der Waals surface area (Å²) in [6.07, 6.45) is 1.51. The molecule has 0 unspecified atom stereocenters. The van der Waals surface area contributed by atoms with Crippen molar-refractivity contribution in [3.05, 3.63) is 53.6 Å². The molecule has 0 aliphatic rings. The lowest BCUT2D eigenvalue weighted by molar-refractivity contribution is -0.123. The lowest BCUT2D eigenvalue weighted by atomic mass is 9.86. The van der Waals surface area contributed by atoms with E-state index in [0.717, 1.165) is 11.1 Å². The molecule has 0 bridgehead atoms. The van der Waals surface area contributed by atoms with Crippen LogP contribution in [0.25, 0.3) is 0 Å². The molecule has 27 heavy (non-hydrogen) atoms. The number of para-hydroxylation sites is 1. The SMILES string of the molecule is COc1ccc(/C=N\NC(=O)COc2ccccc2C(C)(C)C)c(OC)c1. The average Bonchev–Trinajstić information content (AvgIpc) is 2.66. The average molecular weight is 370 g/mol. The van der Waals surface area contributed by atoms with E-state index in [2.05, 4.69) is 31.3 Å². The monoisotopic (exact) mass is 370 g/mol. The minimum absolute atomic E-state index is 0.0733. The number of hydrogen-bond donors (Lipinski definition) is 1. The quantitative estimate of drug-likeness (QED) is 0.598. The number of benzene rings is 2. The molecule has 0 radical (unpaired) electrons. The van der Waals surface area contributed by atoms with Gasteiger partial charge in [0.15, 0.2) is 6.61 Å². The second-order valence-corrected chi connectivity index (χ2v) is 6.94. The van der Waals surface area contributed by atoms with Crippen molar-refractivity contribution in [2.45, 2.75) is 26.2 Å². The van der Waals surface area contributed by atoms with Gasteiger partial charge in [-0.25, -0.2) is 5.43 Å². The maximum Gasteiger partial charge on any atom is 0.277 e. The van der Waals surface area contributed by atoms with E-state index < -0.39 is 0 Å². The van der Waals surface area contributed by atoms with E-state index >= 15 is 0 Å². The lowest BCUT2D eigenvalue weighted by Crippen LogP contribution is -2.25. The fraction of sp³-hybridized carbons (Fsp3) is 0.333. The number of ether oxygens (including phenoxy) is 3. The largest absolute Gasteiger partial charge is 0.497 e. The van der Waals surface area contributed by atoms with Crippen molar-refractivity contribution in [1.82, 2.24) is 5.43 Å². The van der Waals surface area contributed by atoms with Crippen LogP contribution in [0, 0.1) is 0 Å². The maximum absolute atomic E-state index is 12.0. The Hall–Kier alpha value is -3.02. The summed E-state index contributed by atoms with van der Waals surface area (Å²) in [5.74, 6) is 1.63. The third-order valence-corrected chi connectivity index (χ3v) is 3.89. The van der Waals surface area contributed by atoms with Crippen LogP contribution >= 0.6 is 0 Å². The fourth-order valence-electron chi connectivity index (χ4n) is 2.49. The van der Waals surface area contributed by atoms with Gasteiger partial charge in [0.1, 0.15) is 17.2 Å². The number of hydrogen-bond acceptors (Lipinski definition) is 5. The summed E-state index contributed by atoms with van der Waals surface area (Å²) in [5.41, 5.74) is 4.15. The van der Waals surface area contributed by atoms with Crippen LogP contribution < -0.4 is 19.6 Å². The molecule has 1 N–H and O–H groups in total. The smallest absolute Gasteiger partial charge is 0.277 e. The van der Waals surface area contributed by atoms with Gasteiger partial charge >= 0.3 is 0 Å². The number of methoxy groups -OCH3 is 2. The molecular weight excluding hydrogens is 344 g/mol. The zero-order valence-corrected chi connectivity index (χ0v) is 16.4. The highest BCUT2D eigenvalue weighted by molar-refractivity contribution is 5.85. The second-order valence-electron chi connectivity index (χ2n) is 6.94. The predicted octanol–water partition coefficient (Wildman–Crippen LogP) is 3.53. The maximum atomic E-state index is 12.0. The molecule has 0 saturated carbocycles. The molecule has 0 fully saturated rings. The molecule has 0 aromatic heterocycles. The molecule has 2 aromatic rings. The Morgan fingerprint density at radius 2 is 1.81 bits per heavy atom. The van der Waals surface area contributed by atoms with Crippen LogP contribution in [0.2, 0.25) is 0 Å². The summed E-state index contributed by atoms with van der Waals surface area (Å²) in [7, 11) is 3.14. The Morgan fingerprint density at radius 1 is 1.07 bits per heavy atom. The molecule has 2 rings (SSSR count). The highest BCUT2D eigenvalue weighted by atomic mass is 16.5. The molecule has 0 atom stereocenters. The number of carbonyl (C=O) groups excluding carboxylic acids is 1. The number of amides is 1. The fourth-order valence-corrected chi connectivity index (χ4v) is 2.49. The Kier molecular flexibility index (Phi) is 6.82. The normalized spacial score (nSPS) is 11.3. The van der Waals surface area contributed by atoms with Crippen molar-refractivity contribution in [1.29, 1.82) is 0 Å². The molecule has 6 nitrogen and oxygen atoms in total. The topological polar surface area (TPSA) is 69.2 Å². The van der Waals surface area contributed by atoms with Crippen molar-refractivity contribution in [2.24, 2.45) is 5.10 Å². The first-order chi connectivity index (χ1) is 12.8. The molecule has 0 aliphatic carbocycles. The third kappa shape index (κ3) is 5.74. The molecular formula is C21H26N2O4. The van der Waals surface area contributed by atoms with Gasteiger partial charge in [-0.2, -0.15) is 5.10 Å². The van der Waals surface area contributed by atoms with E-state index in [4.69, 9.17) is 14.2 Å². The highest BCUT2D eigenvalue weighted by Gasteiger charge is 2.18. The Bertz CT molecular complexity index is 810. The number of hydrazone groups is 1. The van der Waals surface area contributed by atoms with E-state index in [1.807, 2.05) is 24.3 Å². The molecule has 6 heteroatoms. The first-order valence-electron chi connectivity index (χ1n) is 8.61. The number of nitrogens with one attached hydrogen (secondary N) is 1.